The van der Waals surface area contributed by atoms with E-state index in [1.165, 1.54) is 18.0 Å². The van der Waals surface area contributed by atoms with E-state index in [4.69, 9.17) is 4.74 Å². The molecule has 2 aliphatic rings. The van der Waals surface area contributed by atoms with Crippen LogP contribution >= 0.6 is 11.9 Å². The lowest BCUT2D eigenvalue weighted by molar-refractivity contribution is -0.139. The Balaban J connectivity index is 0.000000263. The summed E-state index contributed by atoms with van der Waals surface area (Å²) in [5.74, 6) is -0.310. The van der Waals surface area contributed by atoms with Gasteiger partial charge in [-0.05, 0) is 85.3 Å². The van der Waals surface area contributed by atoms with Gasteiger partial charge in [-0.2, -0.15) is 0 Å². The summed E-state index contributed by atoms with van der Waals surface area (Å²) in [6, 6.07) is 15.7. The smallest absolute Gasteiger partial charge is 0.256 e. The highest BCUT2D eigenvalue weighted by atomic mass is 32.2. The highest BCUT2D eigenvalue weighted by Gasteiger charge is 2.35. The van der Waals surface area contributed by atoms with Crippen LogP contribution in [0, 0.1) is 0 Å². The van der Waals surface area contributed by atoms with Crippen molar-refractivity contribution in [3.05, 3.63) is 102 Å². The summed E-state index contributed by atoms with van der Waals surface area (Å²) in [5, 5.41) is 4.79. The highest BCUT2D eigenvalue weighted by Crippen LogP contribution is 2.31. The van der Waals surface area contributed by atoms with Crippen LogP contribution in [0.2, 0.25) is 0 Å². The lowest BCUT2D eigenvalue weighted by Gasteiger charge is -2.25. The molecule has 1 aliphatic carbocycles. The summed E-state index contributed by atoms with van der Waals surface area (Å²) in [5.41, 5.74) is 5.57. The van der Waals surface area contributed by atoms with Crippen LogP contribution < -0.4 is 26.1 Å². The normalized spacial score (nSPS) is 15.6. The van der Waals surface area contributed by atoms with Gasteiger partial charge in [0.2, 0.25) is 17.7 Å². The van der Waals surface area contributed by atoms with E-state index in [-0.39, 0.29) is 23.3 Å². The lowest BCUT2D eigenvalue weighted by Crippen LogP contribution is -2.51. The molecule has 0 spiro atoms. The first-order chi connectivity index (χ1) is 22.2. The number of nitrogens with one attached hydrogen (secondary N) is 3. The van der Waals surface area contributed by atoms with Crippen molar-refractivity contribution in [3.63, 3.8) is 0 Å². The van der Waals surface area contributed by atoms with Crippen LogP contribution in [0.25, 0.3) is 10.8 Å². The summed E-state index contributed by atoms with van der Waals surface area (Å²) in [7, 11) is 1.61. The molecule has 5 rings (SSSR count). The van der Waals surface area contributed by atoms with Crippen LogP contribution in [0.5, 0.6) is 5.75 Å². The largest absolute Gasteiger partial charge is 0.497 e. The fraction of sp³-hybridized carbons (Fsp3) is 0.324. The molecule has 2 unspecified atom stereocenters. The molecule has 2 atom stereocenters. The van der Waals surface area contributed by atoms with E-state index in [2.05, 4.69) is 33.9 Å². The number of fused-ring (bicyclic) bond motifs is 1. The van der Waals surface area contributed by atoms with E-state index >= 15 is 0 Å². The Bertz CT molecular complexity index is 1570. The molecule has 1 aliphatic heterocycles. The molecule has 12 heteroatoms. The number of benzene rings is 2. The maximum atomic E-state index is 12.7. The molecule has 46 heavy (non-hydrogen) atoms. The number of primary amides is 1. The van der Waals surface area contributed by atoms with Gasteiger partial charge in [-0.25, -0.2) is 0 Å². The Hall–Kier alpha value is -4.84. The fourth-order valence-corrected chi connectivity index (χ4v) is 5.33. The molecule has 5 N–H and O–H groups in total. The van der Waals surface area contributed by atoms with E-state index in [9.17, 15) is 24.0 Å². The number of aryl methyl sites for hydroxylation is 1. The fourth-order valence-electron chi connectivity index (χ4n) is 4.55. The van der Waals surface area contributed by atoms with Crippen LogP contribution in [-0.4, -0.2) is 64.5 Å². The predicted molar refractivity (Wildman–Crippen MR) is 181 cm³/mol. The first-order valence-electron chi connectivity index (χ1n) is 15.0. The molecule has 1 saturated heterocycles. The Labute approximate surface area is 272 Å². The van der Waals surface area contributed by atoms with Gasteiger partial charge < -0.3 is 25.7 Å². The molecular weight excluding hydrogens is 606 g/mol. The van der Waals surface area contributed by atoms with Crippen molar-refractivity contribution in [1.29, 1.82) is 0 Å². The second kappa shape index (κ2) is 18.2. The molecule has 11 nitrogen and oxygen atoms in total. The van der Waals surface area contributed by atoms with Crippen LogP contribution in [0.1, 0.15) is 37.7 Å². The molecule has 1 aromatic heterocycles. The summed E-state index contributed by atoms with van der Waals surface area (Å²) >= 11 is 1.40. The number of amides is 4. The number of likely N-dealkylation sites (tertiary alicyclic amines) is 1. The van der Waals surface area contributed by atoms with Crippen LogP contribution in [-0.2, 0) is 25.6 Å². The van der Waals surface area contributed by atoms with Gasteiger partial charge in [0.1, 0.15) is 17.8 Å². The van der Waals surface area contributed by atoms with Gasteiger partial charge in [0.15, 0.2) is 0 Å². The number of methoxy groups -OCH3 is 1. The lowest BCUT2D eigenvalue weighted by atomic mass is 10.1. The second-order valence-corrected chi connectivity index (χ2v) is 11.7. The van der Waals surface area contributed by atoms with Crippen molar-refractivity contribution in [3.8, 4) is 5.75 Å². The van der Waals surface area contributed by atoms with Gasteiger partial charge in [0, 0.05) is 29.8 Å². The van der Waals surface area contributed by atoms with Crippen molar-refractivity contribution in [2.75, 3.05) is 13.7 Å². The Morgan fingerprint density at radius 1 is 1.11 bits per heavy atom. The van der Waals surface area contributed by atoms with Crippen molar-refractivity contribution in [2.45, 2.75) is 55.9 Å². The van der Waals surface area contributed by atoms with E-state index in [0.717, 1.165) is 42.0 Å². The highest BCUT2D eigenvalue weighted by molar-refractivity contribution is 7.98. The van der Waals surface area contributed by atoms with E-state index in [0.29, 0.717) is 36.4 Å². The minimum Gasteiger partial charge on any atom is -0.497 e. The zero-order valence-electron chi connectivity index (χ0n) is 25.9. The molecule has 0 bridgehead atoms. The number of carbonyl (C=O) groups is 4. The number of aromatic amines is 1. The van der Waals surface area contributed by atoms with Crippen molar-refractivity contribution < 1.29 is 23.9 Å². The topological polar surface area (TPSA) is 164 Å². The van der Waals surface area contributed by atoms with E-state index < -0.39 is 18.0 Å². The summed E-state index contributed by atoms with van der Waals surface area (Å²) in [4.78, 5) is 62.6. The minimum atomic E-state index is -0.791. The van der Waals surface area contributed by atoms with Gasteiger partial charge in [0.25, 0.3) is 11.5 Å². The maximum Gasteiger partial charge on any atom is 0.256 e. The Morgan fingerprint density at radius 2 is 1.83 bits per heavy atom. The molecule has 244 valence electrons. The van der Waals surface area contributed by atoms with Crippen molar-refractivity contribution in [1.82, 2.24) is 19.9 Å². The Morgan fingerprint density at radius 3 is 2.46 bits per heavy atom. The zero-order valence-corrected chi connectivity index (χ0v) is 26.7. The van der Waals surface area contributed by atoms with Crippen molar-refractivity contribution >= 4 is 46.3 Å². The summed E-state index contributed by atoms with van der Waals surface area (Å²) in [6.07, 6.45) is 8.76. The summed E-state index contributed by atoms with van der Waals surface area (Å²) in [6.45, 7) is 7.32. The molecule has 3 aromatic rings. The van der Waals surface area contributed by atoms with Crippen molar-refractivity contribution in [2.24, 2.45) is 5.73 Å². The van der Waals surface area contributed by atoms with E-state index in [1.807, 2.05) is 42.5 Å². The molecular formula is C34H41N5O6S. The number of nitrogens with two attached hydrogens (primary N) is 1. The molecule has 4 amide bonds. The van der Waals surface area contributed by atoms with Gasteiger partial charge in [-0.15, -0.1) is 6.58 Å². The minimum absolute atomic E-state index is 0.0228. The third-order valence-corrected chi connectivity index (χ3v) is 8.32. The van der Waals surface area contributed by atoms with Gasteiger partial charge in [-0.1, -0.05) is 43.0 Å². The standard InChI is InChI=1S/C21H27N3O3S.C10H9NO2.C3H5NO/c1-2-17(20(26)23-28-16-11-12-16)22-21(27)18-9-6-14-24(18)19(25)13-10-15-7-4-3-5-8-15;1-13-8-2-3-9-7(6-8)4-5-11-10(9)12;1-2-3(4)5/h2-5,7-8,16-18H,1,6,9-14H2,(H,22,27)(H,23,26);2-6H,1H3,(H,11,12);2H,1H2,(H2,4,5). The number of aromatic nitrogens is 1. The van der Waals surface area contributed by atoms with Gasteiger partial charge in [0.05, 0.1) is 7.11 Å². The predicted octanol–water partition coefficient (Wildman–Crippen LogP) is 3.40. The third-order valence-electron chi connectivity index (χ3n) is 7.19. The monoisotopic (exact) mass is 647 g/mol. The third kappa shape index (κ3) is 11.3. The molecule has 0 radical (unpaired) electrons. The molecule has 2 aromatic carbocycles. The second-order valence-electron chi connectivity index (χ2n) is 10.6. The van der Waals surface area contributed by atoms with E-state index in [1.54, 1.807) is 30.3 Å². The molecule has 2 fully saturated rings. The maximum absolute atomic E-state index is 12.7. The Kier molecular flexibility index (Phi) is 14.1. The van der Waals surface area contributed by atoms with Crippen LogP contribution in [0.4, 0.5) is 0 Å². The average molecular weight is 648 g/mol. The number of H-pyrrole nitrogens is 1. The van der Waals surface area contributed by atoms with Gasteiger partial charge in [-0.3, -0.25) is 28.7 Å². The molecule has 2 heterocycles. The SMILES string of the molecule is C=CC(N)=O.C=CC(NC(=O)C1CCCN1C(=O)CCc1ccccc1)C(=O)NSC1CC1.COc1ccc2c(=O)[nH]ccc2c1. The van der Waals surface area contributed by atoms with Crippen LogP contribution in [0.3, 0.4) is 0 Å². The average Bonchev–Trinajstić information content (AvgIpc) is 3.78. The number of rotatable bonds is 11. The number of nitrogens with zero attached hydrogens (tertiary/aromatic N) is 1. The first kappa shape index (κ1) is 35.6. The number of hydrogen-bond donors (Lipinski definition) is 4. The summed E-state index contributed by atoms with van der Waals surface area (Å²) < 4.78 is 7.83. The quantitative estimate of drug-likeness (QED) is 0.141. The van der Waals surface area contributed by atoms with Crippen LogP contribution in [0.15, 0.2) is 90.9 Å². The number of pyridine rings is 1. The zero-order chi connectivity index (χ0) is 33.5. The first-order valence-corrected chi connectivity index (χ1v) is 15.8. The van der Waals surface area contributed by atoms with Gasteiger partial charge >= 0.3 is 0 Å². The number of carbonyl (C=O) groups excluding carboxylic acids is 4. The molecule has 1 saturated carbocycles. The number of hydrogen-bond acceptors (Lipinski definition) is 7. The number of ether oxygens (including phenoxy) is 1.